The summed E-state index contributed by atoms with van der Waals surface area (Å²) in [6, 6.07) is 0.374. The molecule has 2 atom stereocenters. The Bertz CT molecular complexity index is 95.6. The van der Waals surface area contributed by atoms with Gasteiger partial charge in [0.05, 0.1) is 6.61 Å². The van der Waals surface area contributed by atoms with Gasteiger partial charge in [-0.25, -0.2) is 0 Å². The summed E-state index contributed by atoms with van der Waals surface area (Å²) in [5.74, 6) is 0. The van der Waals surface area contributed by atoms with Crippen molar-refractivity contribution in [2.45, 2.75) is 32.0 Å². The van der Waals surface area contributed by atoms with Crippen LogP contribution in [0.4, 0.5) is 0 Å². The van der Waals surface area contributed by atoms with Gasteiger partial charge in [0.2, 0.25) is 0 Å². The summed E-state index contributed by atoms with van der Waals surface area (Å²) in [4.78, 5) is 0. The van der Waals surface area contributed by atoms with E-state index in [0.717, 1.165) is 26.0 Å². The maximum absolute atomic E-state index is 5.68. The maximum atomic E-state index is 5.68. The van der Waals surface area contributed by atoms with Crippen molar-refractivity contribution in [2.75, 3.05) is 13.2 Å². The van der Waals surface area contributed by atoms with Crippen LogP contribution in [0.1, 0.15) is 19.8 Å². The number of morpholine rings is 1. The normalized spacial score (nSPS) is 34.2. The minimum absolute atomic E-state index is 0.0892. The van der Waals surface area contributed by atoms with Gasteiger partial charge in [0, 0.05) is 12.6 Å². The molecule has 0 aromatic heterocycles. The zero-order valence-electron chi connectivity index (χ0n) is 6.47. The minimum Gasteiger partial charge on any atom is -0.361 e. The van der Waals surface area contributed by atoms with Crippen LogP contribution in [0.3, 0.4) is 0 Å². The quantitative estimate of drug-likeness (QED) is 0.576. The number of ether oxygens (including phenoxy) is 1. The lowest BCUT2D eigenvalue weighted by atomic mass is 10.1. The van der Waals surface area contributed by atoms with Crippen molar-refractivity contribution in [2.24, 2.45) is 5.73 Å². The van der Waals surface area contributed by atoms with Crippen LogP contribution in [-0.2, 0) is 4.74 Å². The molecule has 0 radical (unpaired) electrons. The highest BCUT2D eigenvalue weighted by Crippen LogP contribution is 2.04. The molecule has 1 rings (SSSR count). The van der Waals surface area contributed by atoms with Crippen LogP contribution in [0.5, 0.6) is 0 Å². The molecular formula is C7H16N2O. The molecule has 60 valence electrons. The van der Waals surface area contributed by atoms with Gasteiger partial charge in [0.25, 0.3) is 0 Å². The summed E-state index contributed by atoms with van der Waals surface area (Å²) < 4.78 is 5.26. The molecule has 1 saturated heterocycles. The highest BCUT2D eigenvalue weighted by molar-refractivity contribution is 4.75. The van der Waals surface area contributed by atoms with E-state index < -0.39 is 0 Å². The average molecular weight is 144 g/mol. The summed E-state index contributed by atoms with van der Waals surface area (Å²) in [6.07, 6.45) is 2.18. The van der Waals surface area contributed by atoms with E-state index in [1.807, 2.05) is 0 Å². The maximum Gasteiger partial charge on any atom is 0.121 e. The molecule has 3 nitrogen and oxygen atoms in total. The Balaban J connectivity index is 2.25. The van der Waals surface area contributed by atoms with Gasteiger partial charge in [-0.3, -0.25) is 0 Å². The third-order valence-electron chi connectivity index (χ3n) is 1.82. The minimum atomic E-state index is -0.0892. The third kappa shape index (κ3) is 1.94. The molecule has 0 spiro atoms. The molecule has 0 amide bonds. The fourth-order valence-electron chi connectivity index (χ4n) is 1.25. The molecule has 0 aliphatic carbocycles. The van der Waals surface area contributed by atoms with E-state index in [4.69, 9.17) is 10.5 Å². The molecule has 2 unspecified atom stereocenters. The second kappa shape index (κ2) is 3.91. The number of nitrogens with two attached hydrogens (primary N) is 1. The van der Waals surface area contributed by atoms with Gasteiger partial charge in [-0.05, 0) is 6.42 Å². The highest BCUT2D eigenvalue weighted by Gasteiger charge is 2.20. The first-order valence-corrected chi connectivity index (χ1v) is 3.95. The SMILES string of the molecule is CCCC1NCCOC1N. The van der Waals surface area contributed by atoms with E-state index in [2.05, 4.69) is 12.2 Å². The Kier molecular flexibility index (Phi) is 3.12. The van der Waals surface area contributed by atoms with Crippen molar-refractivity contribution in [3.63, 3.8) is 0 Å². The lowest BCUT2D eigenvalue weighted by Crippen LogP contribution is -2.52. The average Bonchev–Trinajstić information content (AvgIpc) is 1.94. The largest absolute Gasteiger partial charge is 0.361 e. The highest BCUT2D eigenvalue weighted by atomic mass is 16.5. The molecule has 3 N–H and O–H groups in total. The van der Waals surface area contributed by atoms with Gasteiger partial charge in [-0.2, -0.15) is 0 Å². The Morgan fingerprint density at radius 3 is 3.10 bits per heavy atom. The molecule has 10 heavy (non-hydrogen) atoms. The molecule has 1 aliphatic rings. The van der Waals surface area contributed by atoms with Crippen LogP contribution in [0.2, 0.25) is 0 Å². The van der Waals surface area contributed by atoms with E-state index in [9.17, 15) is 0 Å². The zero-order valence-corrected chi connectivity index (χ0v) is 6.47. The lowest BCUT2D eigenvalue weighted by Gasteiger charge is -2.29. The van der Waals surface area contributed by atoms with E-state index in [-0.39, 0.29) is 6.23 Å². The standard InChI is InChI=1S/C7H16N2O/c1-2-3-6-7(8)10-5-4-9-6/h6-7,9H,2-5,8H2,1H3. The topological polar surface area (TPSA) is 47.3 Å². The van der Waals surface area contributed by atoms with Gasteiger partial charge in [-0.1, -0.05) is 13.3 Å². The van der Waals surface area contributed by atoms with Gasteiger partial charge in [0.15, 0.2) is 0 Å². The van der Waals surface area contributed by atoms with Crippen molar-refractivity contribution < 1.29 is 4.74 Å². The van der Waals surface area contributed by atoms with E-state index >= 15 is 0 Å². The summed E-state index contributed by atoms with van der Waals surface area (Å²) in [5, 5.41) is 3.32. The monoisotopic (exact) mass is 144 g/mol. The summed E-state index contributed by atoms with van der Waals surface area (Å²) in [6.45, 7) is 3.85. The Morgan fingerprint density at radius 1 is 1.70 bits per heavy atom. The molecule has 3 heteroatoms. The van der Waals surface area contributed by atoms with E-state index in [0.29, 0.717) is 6.04 Å². The second-order valence-corrected chi connectivity index (χ2v) is 2.68. The predicted octanol–water partition coefficient (Wildman–Crippen LogP) is 0.0597. The van der Waals surface area contributed by atoms with Crippen LogP contribution in [0, 0.1) is 0 Å². The molecule has 1 fully saturated rings. The van der Waals surface area contributed by atoms with Crippen molar-refractivity contribution in [1.82, 2.24) is 5.32 Å². The molecule has 0 aromatic rings. The van der Waals surface area contributed by atoms with Gasteiger partial charge < -0.3 is 15.8 Å². The Labute approximate surface area is 61.9 Å². The van der Waals surface area contributed by atoms with Crippen LogP contribution in [-0.4, -0.2) is 25.4 Å². The Hall–Kier alpha value is -0.120. The fraction of sp³-hybridized carbons (Fsp3) is 1.00. The first-order valence-electron chi connectivity index (χ1n) is 3.95. The van der Waals surface area contributed by atoms with Crippen molar-refractivity contribution >= 4 is 0 Å². The van der Waals surface area contributed by atoms with Crippen LogP contribution in [0.15, 0.2) is 0 Å². The third-order valence-corrected chi connectivity index (χ3v) is 1.82. The van der Waals surface area contributed by atoms with Gasteiger partial charge in [0.1, 0.15) is 6.23 Å². The van der Waals surface area contributed by atoms with Gasteiger partial charge in [-0.15, -0.1) is 0 Å². The van der Waals surface area contributed by atoms with Crippen molar-refractivity contribution in [1.29, 1.82) is 0 Å². The zero-order chi connectivity index (χ0) is 7.40. The number of hydrogen-bond acceptors (Lipinski definition) is 3. The molecule has 1 aliphatic heterocycles. The first kappa shape index (κ1) is 7.98. The summed E-state index contributed by atoms with van der Waals surface area (Å²) in [5.41, 5.74) is 5.68. The summed E-state index contributed by atoms with van der Waals surface area (Å²) in [7, 11) is 0. The number of hydrogen-bond donors (Lipinski definition) is 2. The van der Waals surface area contributed by atoms with Crippen LogP contribution < -0.4 is 11.1 Å². The van der Waals surface area contributed by atoms with Crippen molar-refractivity contribution in [3.8, 4) is 0 Å². The van der Waals surface area contributed by atoms with Gasteiger partial charge >= 0.3 is 0 Å². The van der Waals surface area contributed by atoms with E-state index in [1.165, 1.54) is 0 Å². The Morgan fingerprint density at radius 2 is 2.50 bits per heavy atom. The lowest BCUT2D eigenvalue weighted by molar-refractivity contribution is -0.00194. The first-order chi connectivity index (χ1) is 4.84. The van der Waals surface area contributed by atoms with E-state index in [1.54, 1.807) is 0 Å². The number of nitrogens with one attached hydrogen (secondary N) is 1. The second-order valence-electron chi connectivity index (χ2n) is 2.68. The fourth-order valence-corrected chi connectivity index (χ4v) is 1.25. The van der Waals surface area contributed by atoms with Crippen LogP contribution >= 0.6 is 0 Å². The molecular weight excluding hydrogens is 128 g/mol. The van der Waals surface area contributed by atoms with Crippen LogP contribution in [0.25, 0.3) is 0 Å². The smallest absolute Gasteiger partial charge is 0.121 e. The molecule has 1 heterocycles. The summed E-state index contributed by atoms with van der Waals surface area (Å²) >= 11 is 0. The van der Waals surface area contributed by atoms with Crippen molar-refractivity contribution in [3.05, 3.63) is 0 Å². The predicted molar refractivity (Wildman–Crippen MR) is 40.6 cm³/mol. The molecule has 0 bridgehead atoms. The number of rotatable bonds is 2. The molecule has 0 aromatic carbocycles. The molecule has 0 saturated carbocycles.